The molecule has 2 aromatic rings. The van der Waals surface area contributed by atoms with Gasteiger partial charge >= 0.3 is 0 Å². The van der Waals surface area contributed by atoms with Crippen molar-refractivity contribution in [3.63, 3.8) is 0 Å². The molecule has 0 fully saturated rings. The quantitative estimate of drug-likeness (QED) is 0.857. The van der Waals surface area contributed by atoms with Crippen molar-refractivity contribution in [1.29, 1.82) is 0 Å². The molecular formula is C16H18N2O3. The van der Waals surface area contributed by atoms with E-state index in [9.17, 15) is 9.59 Å². The second-order valence-corrected chi connectivity index (χ2v) is 4.98. The minimum atomic E-state index is -0.0782. The molecule has 0 radical (unpaired) electrons. The van der Waals surface area contributed by atoms with E-state index in [1.807, 2.05) is 13.8 Å². The smallest absolute Gasteiger partial charge is 0.224 e. The normalized spacial score (nSPS) is 10.4. The molecule has 0 atom stereocenters. The fraction of sp³-hybridized carbons (Fsp3) is 0.312. The lowest BCUT2D eigenvalue weighted by Gasteiger charge is -2.05. The van der Waals surface area contributed by atoms with Crippen molar-refractivity contribution in [2.45, 2.75) is 33.6 Å². The average Bonchev–Trinajstić information content (AvgIpc) is 2.76. The molecule has 0 saturated heterocycles. The molecule has 0 bridgehead atoms. The number of hydrogen-bond donors (Lipinski definition) is 1. The maximum atomic E-state index is 11.9. The first-order valence-corrected chi connectivity index (χ1v) is 6.80. The summed E-state index contributed by atoms with van der Waals surface area (Å²) in [5.41, 5.74) is 3.12. The van der Waals surface area contributed by atoms with Gasteiger partial charge in [-0.05, 0) is 51.5 Å². The van der Waals surface area contributed by atoms with E-state index in [4.69, 9.17) is 4.52 Å². The summed E-state index contributed by atoms with van der Waals surface area (Å²) >= 11 is 0. The monoisotopic (exact) mass is 286 g/mol. The highest BCUT2D eigenvalue weighted by Gasteiger charge is 2.11. The predicted molar refractivity (Wildman–Crippen MR) is 79.4 cm³/mol. The van der Waals surface area contributed by atoms with Gasteiger partial charge in [0.15, 0.2) is 5.78 Å². The highest BCUT2D eigenvalue weighted by Crippen LogP contribution is 2.15. The first-order valence-electron chi connectivity index (χ1n) is 6.80. The summed E-state index contributed by atoms with van der Waals surface area (Å²) in [6.07, 6.45) is 0.954. The molecule has 1 aromatic heterocycles. The van der Waals surface area contributed by atoms with Crippen LogP contribution in [0.2, 0.25) is 0 Å². The Hall–Kier alpha value is -2.43. The van der Waals surface area contributed by atoms with Gasteiger partial charge in [-0.15, -0.1) is 0 Å². The number of nitrogens with one attached hydrogen (secondary N) is 1. The molecular weight excluding hydrogens is 268 g/mol. The molecule has 0 aliphatic rings. The summed E-state index contributed by atoms with van der Waals surface area (Å²) in [5, 5.41) is 6.67. The zero-order valence-corrected chi connectivity index (χ0v) is 12.4. The van der Waals surface area contributed by atoms with Gasteiger partial charge in [0.25, 0.3) is 0 Å². The summed E-state index contributed by atoms with van der Waals surface area (Å²) in [7, 11) is 0. The molecule has 0 unspecified atom stereocenters. The van der Waals surface area contributed by atoms with Crippen LogP contribution in [0.3, 0.4) is 0 Å². The van der Waals surface area contributed by atoms with E-state index in [-0.39, 0.29) is 11.7 Å². The van der Waals surface area contributed by atoms with E-state index in [1.165, 1.54) is 6.92 Å². The summed E-state index contributed by atoms with van der Waals surface area (Å²) in [5.74, 6) is 0.683. The molecule has 0 aliphatic heterocycles. The molecule has 1 N–H and O–H groups in total. The number of carbonyl (C=O) groups excluding carboxylic acids is 2. The van der Waals surface area contributed by atoms with E-state index in [1.54, 1.807) is 24.3 Å². The Bertz CT molecular complexity index is 637. The minimum absolute atomic E-state index is 0.00582. The summed E-state index contributed by atoms with van der Waals surface area (Å²) in [4.78, 5) is 23.1. The molecule has 2 rings (SSSR count). The SMILES string of the molecule is CC(=O)c1ccc(NC(=O)CCc2c(C)noc2C)cc1. The van der Waals surface area contributed by atoms with Crippen molar-refractivity contribution in [2.24, 2.45) is 0 Å². The lowest BCUT2D eigenvalue weighted by molar-refractivity contribution is -0.116. The third-order valence-electron chi connectivity index (χ3n) is 3.36. The zero-order valence-electron chi connectivity index (χ0n) is 12.4. The van der Waals surface area contributed by atoms with Crippen LogP contribution in [0.15, 0.2) is 28.8 Å². The van der Waals surface area contributed by atoms with Gasteiger partial charge in [-0.2, -0.15) is 0 Å². The second-order valence-electron chi connectivity index (χ2n) is 4.98. The van der Waals surface area contributed by atoms with Gasteiger partial charge in [-0.1, -0.05) is 5.16 Å². The molecule has 1 amide bonds. The Morgan fingerprint density at radius 2 is 1.86 bits per heavy atom. The van der Waals surface area contributed by atoms with Crippen LogP contribution in [0.25, 0.3) is 0 Å². The third-order valence-corrected chi connectivity index (χ3v) is 3.36. The van der Waals surface area contributed by atoms with Crippen LogP contribution in [0.1, 0.15) is 40.7 Å². The molecule has 0 saturated carbocycles. The fourth-order valence-electron chi connectivity index (χ4n) is 2.11. The van der Waals surface area contributed by atoms with Crippen molar-refractivity contribution >= 4 is 17.4 Å². The number of rotatable bonds is 5. The largest absolute Gasteiger partial charge is 0.361 e. The van der Waals surface area contributed by atoms with Crippen LogP contribution in [0.5, 0.6) is 0 Å². The molecule has 110 valence electrons. The molecule has 0 aliphatic carbocycles. The molecule has 1 heterocycles. The van der Waals surface area contributed by atoms with Crippen LogP contribution in [-0.4, -0.2) is 16.8 Å². The lowest BCUT2D eigenvalue weighted by Crippen LogP contribution is -2.12. The molecule has 21 heavy (non-hydrogen) atoms. The Balaban J connectivity index is 1.91. The van der Waals surface area contributed by atoms with Crippen molar-refractivity contribution < 1.29 is 14.1 Å². The standard InChI is InChI=1S/C16H18N2O3/c1-10-15(12(3)21-18-10)8-9-16(20)17-14-6-4-13(5-7-14)11(2)19/h4-7H,8-9H2,1-3H3,(H,17,20). The van der Waals surface area contributed by atoms with Crippen LogP contribution < -0.4 is 5.32 Å². The van der Waals surface area contributed by atoms with E-state index >= 15 is 0 Å². The molecule has 5 heteroatoms. The number of benzene rings is 1. The van der Waals surface area contributed by atoms with Crippen molar-refractivity contribution in [1.82, 2.24) is 5.16 Å². The van der Waals surface area contributed by atoms with Crippen molar-refractivity contribution in [3.8, 4) is 0 Å². The summed E-state index contributed by atoms with van der Waals surface area (Å²) < 4.78 is 5.07. The summed E-state index contributed by atoms with van der Waals surface area (Å²) in [6.45, 7) is 5.22. The number of anilines is 1. The first-order chi connectivity index (χ1) is 9.97. The molecule has 5 nitrogen and oxygen atoms in total. The van der Waals surface area contributed by atoms with Gasteiger partial charge in [-0.25, -0.2) is 0 Å². The van der Waals surface area contributed by atoms with Gasteiger partial charge < -0.3 is 9.84 Å². The Kier molecular flexibility index (Phi) is 4.52. The number of carbonyl (C=O) groups is 2. The maximum Gasteiger partial charge on any atom is 0.224 e. The van der Waals surface area contributed by atoms with E-state index in [2.05, 4.69) is 10.5 Å². The summed E-state index contributed by atoms with van der Waals surface area (Å²) in [6, 6.07) is 6.85. The van der Waals surface area contributed by atoms with Gasteiger partial charge in [0.05, 0.1) is 5.69 Å². The van der Waals surface area contributed by atoms with Crippen LogP contribution in [0.4, 0.5) is 5.69 Å². The van der Waals surface area contributed by atoms with E-state index in [0.29, 0.717) is 24.1 Å². The van der Waals surface area contributed by atoms with Crippen molar-refractivity contribution in [3.05, 3.63) is 46.8 Å². The molecule has 1 aromatic carbocycles. The van der Waals surface area contributed by atoms with Crippen LogP contribution in [0, 0.1) is 13.8 Å². The van der Waals surface area contributed by atoms with Gasteiger partial charge in [0.1, 0.15) is 5.76 Å². The minimum Gasteiger partial charge on any atom is -0.361 e. The van der Waals surface area contributed by atoms with Crippen molar-refractivity contribution in [2.75, 3.05) is 5.32 Å². The number of hydrogen-bond acceptors (Lipinski definition) is 4. The predicted octanol–water partition coefficient (Wildman–Crippen LogP) is 3.07. The maximum absolute atomic E-state index is 11.9. The van der Waals surface area contributed by atoms with Gasteiger partial charge in [0.2, 0.25) is 5.91 Å². The number of nitrogens with zero attached hydrogens (tertiary/aromatic N) is 1. The van der Waals surface area contributed by atoms with Crippen LogP contribution >= 0.6 is 0 Å². The van der Waals surface area contributed by atoms with Crippen LogP contribution in [-0.2, 0) is 11.2 Å². The van der Waals surface area contributed by atoms with Gasteiger partial charge in [0, 0.05) is 23.2 Å². The average molecular weight is 286 g/mol. The van der Waals surface area contributed by atoms with E-state index < -0.39 is 0 Å². The van der Waals surface area contributed by atoms with Gasteiger partial charge in [-0.3, -0.25) is 9.59 Å². The number of Topliss-reactive ketones (excluding diaryl/α,β-unsaturated/α-hetero) is 1. The highest BCUT2D eigenvalue weighted by molar-refractivity contribution is 5.95. The Morgan fingerprint density at radius 3 is 2.38 bits per heavy atom. The Labute approximate surface area is 123 Å². The zero-order chi connectivity index (χ0) is 15.4. The number of ketones is 1. The number of aryl methyl sites for hydroxylation is 2. The molecule has 0 spiro atoms. The highest BCUT2D eigenvalue weighted by atomic mass is 16.5. The third kappa shape index (κ3) is 3.78. The first kappa shape index (κ1) is 15.0. The van der Waals surface area contributed by atoms with E-state index in [0.717, 1.165) is 17.0 Å². The number of amides is 1. The number of aromatic nitrogens is 1. The second kappa shape index (κ2) is 6.35. The lowest BCUT2D eigenvalue weighted by atomic mass is 10.1. The Morgan fingerprint density at radius 1 is 1.19 bits per heavy atom. The fourth-order valence-corrected chi connectivity index (χ4v) is 2.11. The topological polar surface area (TPSA) is 72.2 Å².